The third-order valence-corrected chi connectivity index (χ3v) is 3.26. The molecule has 0 aliphatic carbocycles. The molecule has 1 N–H and O–H groups in total. The van der Waals surface area contributed by atoms with Crippen molar-refractivity contribution in [1.29, 1.82) is 0 Å². The van der Waals surface area contributed by atoms with Gasteiger partial charge in [-0.1, -0.05) is 22.6 Å². The SMILES string of the molecule is CC1(I)CCNc2cccnc21. The Kier molecular flexibility index (Phi) is 1.98. The molecule has 1 aromatic rings. The molecule has 1 aromatic heterocycles. The second-order valence-corrected chi connectivity index (χ2v) is 5.65. The van der Waals surface area contributed by atoms with Crippen LogP contribution in [0.1, 0.15) is 19.0 Å². The average molecular weight is 274 g/mol. The molecule has 3 heteroatoms. The van der Waals surface area contributed by atoms with Gasteiger partial charge in [0, 0.05) is 12.7 Å². The smallest absolute Gasteiger partial charge is 0.0791 e. The van der Waals surface area contributed by atoms with Gasteiger partial charge < -0.3 is 5.32 Å². The molecule has 0 spiro atoms. The molecule has 2 rings (SSSR count). The molecule has 0 saturated heterocycles. The fourth-order valence-corrected chi connectivity index (χ4v) is 2.21. The van der Waals surface area contributed by atoms with Crippen LogP contribution in [-0.4, -0.2) is 11.5 Å². The molecule has 1 aliphatic rings. The predicted octanol–water partition coefficient (Wildman–Crippen LogP) is 2.55. The predicted molar refractivity (Wildman–Crippen MR) is 58.7 cm³/mol. The number of hydrogen-bond donors (Lipinski definition) is 1. The molecule has 0 amide bonds. The molecule has 12 heavy (non-hydrogen) atoms. The van der Waals surface area contributed by atoms with Crippen LogP contribution < -0.4 is 5.32 Å². The molecule has 2 nitrogen and oxygen atoms in total. The fourth-order valence-electron chi connectivity index (χ4n) is 1.51. The number of alkyl halides is 1. The van der Waals surface area contributed by atoms with Crippen molar-refractivity contribution in [3.8, 4) is 0 Å². The summed E-state index contributed by atoms with van der Waals surface area (Å²) in [5.74, 6) is 0. The minimum Gasteiger partial charge on any atom is -0.383 e. The first-order chi connectivity index (χ1) is 5.70. The van der Waals surface area contributed by atoms with Crippen molar-refractivity contribution >= 4 is 28.3 Å². The normalized spacial score (nSPS) is 27.5. The van der Waals surface area contributed by atoms with E-state index in [4.69, 9.17) is 0 Å². The molecule has 1 aliphatic heterocycles. The summed E-state index contributed by atoms with van der Waals surface area (Å²) in [6.07, 6.45) is 3.01. The van der Waals surface area contributed by atoms with E-state index < -0.39 is 0 Å². The Morgan fingerprint density at radius 3 is 3.25 bits per heavy atom. The Bertz CT molecular complexity index is 296. The number of nitrogens with zero attached hydrogens (tertiary/aromatic N) is 1. The van der Waals surface area contributed by atoms with Crippen LogP contribution in [0.15, 0.2) is 18.3 Å². The van der Waals surface area contributed by atoms with Crippen molar-refractivity contribution in [2.24, 2.45) is 0 Å². The lowest BCUT2D eigenvalue weighted by atomic mass is 9.98. The van der Waals surface area contributed by atoms with Crippen LogP contribution in [-0.2, 0) is 3.42 Å². The maximum absolute atomic E-state index is 4.40. The summed E-state index contributed by atoms with van der Waals surface area (Å²) < 4.78 is 0.208. The van der Waals surface area contributed by atoms with Crippen molar-refractivity contribution in [3.63, 3.8) is 0 Å². The molecular formula is C9H11IN2. The molecule has 0 bridgehead atoms. The summed E-state index contributed by atoms with van der Waals surface area (Å²) in [7, 11) is 0. The van der Waals surface area contributed by atoms with Gasteiger partial charge in [0.25, 0.3) is 0 Å². The number of hydrogen-bond acceptors (Lipinski definition) is 2. The van der Waals surface area contributed by atoms with Crippen molar-refractivity contribution in [3.05, 3.63) is 24.0 Å². The zero-order valence-corrected chi connectivity index (χ0v) is 9.13. The summed E-state index contributed by atoms with van der Waals surface area (Å²) in [6.45, 7) is 3.29. The van der Waals surface area contributed by atoms with Gasteiger partial charge in [-0.15, -0.1) is 0 Å². The van der Waals surface area contributed by atoms with Crippen LogP contribution in [0.3, 0.4) is 0 Å². The van der Waals surface area contributed by atoms with E-state index in [1.54, 1.807) is 0 Å². The van der Waals surface area contributed by atoms with Crippen LogP contribution in [0.25, 0.3) is 0 Å². The van der Waals surface area contributed by atoms with Crippen molar-refractivity contribution in [2.45, 2.75) is 16.8 Å². The van der Waals surface area contributed by atoms with Crippen molar-refractivity contribution < 1.29 is 0 Å². The standard InChI is InChI=1S/C9H11IN2/c1-9(10)4-6-11-7-3-2-5-12-8(7)9/h2-3,5,11H,4,6H2,1H3. The topological polar surface area (TPSA) is 24.9 Å². The molecule has 2 heterocycles. The second kappa shape index (κ2) is 2.87. The van der Waals surface area contributed by atoms with Gasteiger partial charge in [0.15, 0.2) is 0 Å². The summed E-state index contributed by atoms with van der Waals surface area (Å²) in [6, 6.07) is 4.07. The van der Waals surface area contributed by atoms with Gasteiger partial charge in [0.2, 0.25) is 0 Å². The van der Waals surface area contributed by atoms with Crippen LogP contribution in [0.5, 0.6) is 0 Å². The van der Waals surface area contributed by atoms with E-state index in [1.807, 2.05) is 12.3 Å². The minimum atomic E-state index is 0.208. The highest BCUT2D eigenvalue weighted by Crippen LogP contribution is 2.40. The Morgan fingerprint density at radius 2 is 2.50 bits per heavy atom. The zero-order valence-electron chi connectivity index (χ0n) is 6.97. The first-order valence-electron chi connectivity index (χ1n) is 4.08. The largest absolute Gasteiger partial charge is 0.383 e. The van der Waals surface area contributed by atoms with Crippen molar-refractivity contribution in [2.75, 3.05) is 11.9 Å². The van der Waals surface area contributed by atoms with Crippen LogP contribution in [0, 0.1) is 0 Å². The third-order valence-electron chi connectivity index (χ3n) is 2.21. The summed E-state index contributed by atoms with van der Waals surface area (Å²) in [4.78, 5) is 4.40. The summed E-state index contributed by atoms with van der Waals surface area (Å²) >= 11 is 2.48. The third kappa shape index (κ3) is 1.30. The number of rotatable bonds is 0. The van der Waals surface area contributed by atoms with Gasteiger partial charge >= 0.3 is 0 Å². The lowest BCUT2D eigenvalue weighted by Crippen LogP contribution is -2.26. The minimum absolute atomic E-state index is 0.208. The number of nitrogens with one attached hydrogen (secondary N) is 1. The van der Waals surface area contributed by atoms with E-state index in [1.165, 1.54) is 11.4 Å². The molecule has 1 unspecified atom stereocenters. The number of halogens is 1. The van der Waals surface area contributed by atoms with Crippen LogP contribution in [0.4, 0.5) is 5.69 Å². The molecule has 0 aromatic carbocycles. The highest BCUT2D eigenvalue weighted by molar-refractivity contribution is 14.1. The fraction of sp³-hybridized carbons (Fsp3) is 0.444. The maximum atomic E-state index is 4.40. The Morgan fingerprint density at radius 1 is 1.67 bits per heavy atom. The van der Waals surface area contributed by atoms with Gasteiger partial charge in [-0.25, -0.2) is 0 Å². The lowest BCUT2D eigenvalue weighted by Gasteiger charge is -2.29. The number of fused-ring (bicyclic) bond motifs is 1. The maximum Gasteiger partial charge on any atom is 0.0791 e. The van der Waals surface area contributed by atoms with E-state index in [9.17, 15) is 0 Å². The monoisotopic (exact) mass is 274 g/mol. The number of anilines is 1. The lowest BCUT2D eigenvalue weighted by molar-refractivity contribution is 0.634. The second-order valence-electron chi connectivity index (χ2n) is 3.27. The number of aromatic nitrogens is 1. The highest BCUT2D eigenvalue weighted by atomic mass is 127. The first-order valence-corrected chi connectivity index (χ1v) is 5.16. The van der Waals surface area contributed by atoms with Crippen LogP contribution >= 0.6 is 22.6 Å². The Labute approximate surface area is 85.9 Å². The van der Waals surface area contributed by atoms with Gasteiger partial charge in [0.05, 0.1) is 14.8 Å². The average Bonchev–Trinajstić information content (AvgIpc) is 2.04. The molecule has 0 saturated carbocycles. The van der Waals surface area contributed by atoms with Crippen molar-refractivity contribution in [1.82, 2.24) is 4.98 Å². The van der Waals surface area contributed by atoms with E-state index in [-0.39, 0.29) is 3.42 Å². The Hall–Kier alpha value is -0.320. The quantitative estimate of drug-likeness (QED) is 0.581. The van der Waals surface area contributed by atoms with E-state index in [0.29, 0.717) is 0 Å². The summed E-state index contributed by atoms with van der Waals surface area (Å²) in [5, 5.41) is 3.35. The van der Waals surface area contributed by atoms with Gasteiger partial charge in [0.1, 0.15) is 0 Å². The Balaban J connectivity index is 2.52. The van der Waals surface area contributed by atoms with E-state index in [0.717, 1.165) is 13.0 Å². The van der Waals surface area contributed by atoms with E-state index in [2.05, 4.69) is 45.9 Å². The number of pyridine rings is 1. The molecule has 0 fully saturated rings. The first kappa shape index (κ1) is 8.29. The zero-order chi connectivity index (χ0) is 8.60. The molecular weight excluding hydrogens is 263 g/mol. The molecule has 1 atom stereocenters. The highest BCUT2D eigenvalue weighted by Gasteiger charge is 2.29. The summed E-state index contributed by atoms with van der Waals surface area (Å²) in [5.41, 5.74) is 2.39. The molecule has 0 radical (unpaired) electrons. The van der Waals surface area contributed by atoms with Gasteiger partial charge in [-0.3, -0.25) is 4.98 Å². The van der Waals surface area contributed by atoms with Gasteiger partial charge in [-0.05, 0) is 25.5 Å². The molecule has 64 valence electrons. The van der Waals surface area contributed by atoms with E-state index >= 15 is 0 Å². The van der Waals surface area contributed by atoms with Gasteiger partial charge in [-0.2, -0.15) is 0 Å². The van der Waals surface area contributed by atoms with Crippen LogP contribution in [0.2, 0.25) is 0 Å².